The number of fused-ring (bicyclic) bond motifs is 1. The zero-order valence-corrected chi connectivity index (χ0v) is 19.6. The minimum Gasteiger partial charge on any atom is -0.465 e. The van der Waals surface area contributed by atoms with Gasteiger partial charge in [-0.2, -0.15) is 0 Å². The summed E-state index contributed by atoms with van der Waals surface area (Å²) in [6.07, 6.45) is 2.30. The number of carbonyl (C=O) groups excluding carboxylic acids is 2. The van der Waals surface area contributed by atoms with Crippen molar-refractivity contribution >= 4 is 17.9 Å². The number of aromatic nitrogens is 1. The van der Waals surface area contributed by atoms with Crippen LogP contribution >= 0.6 is 0 Å². The molecule has 0 saturated heterocycles. The average Bonchev–Trinajstić information content (AvgIpc) is 3.01. The molecular weight excluding hydrogens is 422 g/mol. The van der Waals surface area contributed by atoms with Gasteiger partial charge < -0.3 is 10.4 Å². The quantitative estimate of drug-likeness (QED) is 0.413. The molecule has 1 aliphatic rings. The minimum atomic E-state index is -1.11. The van der Waals surface area contributed by atoms with Crippen molar-refractivity contribution in [3.8, 4) is 0 Å². The van der Waals surface area contributed by atoms with Crippen LogP contribution in [0.5, 0.6) is 0 Å². The first-order valence-electron chi connectivity index (χ1n) is 11.2. The molecule has 3 amide bonds. The maximum absolute atomic E-state index is 12.5. The highest BCUT2D eigenvalue weighted by atomic mass is 16.7. The number of nitrogens with one attached hydrogen (secondary N) is 1. The second-order valence-corrected chi connectivity index (χ2v) is 9.28. The van der Waals surface area contributed by atoms with Crippen LogP contribution in [-0.4, -0.2) is 33.1 Å². The number of pyridine rings is 1. The number of amides is 3. The predicted octanol–water partition coefficient (Wildman–Crippen LogP) is 4.90. The summed E-state index contributed by atoms with van der Waals surface area (Å²) >= 11 is 0. The molecule has 0 spiro atoms. The Kier molecular flexibility index (Phi) is 7.17. The zero-order chi connectivity index (χ0) is 24.2. The summed E-state index contributed by atoms with van der Waals surface area (Å²) in [6, 6.07) is 11.9. The number of hydroxylamine groups is 2. The Hall–Kier alpha value is -3.26. The van der Waals surface area contributed by atoms with E-state index in [1.54, 1.807) is 42.5 Å². The van der Waals surface area contributed by atoms with E-state index < -0.39 is 28.9 Å². The summed E-state index contributed by atoms with van der Waals surface area (Å²) in [5, 5.41) is 13.2. The zero-order valence-electron chi connectivity index (χ0n) is 19.6. The highest BCUT2D eigenvalue weighted by Gasteiger charge is 2.45. The molecule has 0 fully saturated rings. The Balaban J connectivity index is 1.86. The summed E-state index contributed by atoms with van der Waals surface area (Å²) in [6.45, 7) is 7.94. The summed E-state index contributed by atoms with van der Waals surface area (Å²) in [4.78, 5) is 47.1. The van der Waals surface area contributed by atoms with Gasteiger partial charge in [-0.05, 0) is 36.1 Å². The van der Waals surface area contributed by atoms with E-state index in [2.05, 4.69) is 12.2 Å². The standard InChI is InChI=1S/C25H31N3O5/c1-5-6-9-15-25(24(2,3)4,27-23(31)32)20-14-10-11-17(26-20)16-33-28-21(29)18-12-7-8-13-19(18)22(28)30/h7-8,10-14,27H,5-6,9,15-16H2,1-4H3,(H,31,32). The van der Waals surface area contributed by atoms with Gasteiger partial charge in [-0.25, -0.2) is 4.79 Å². The average molecular weight is 454 g/mol. The molecule has 1 unspecified atom stereocenters. The van der Waals surface area contributed by atoms with Crippen LogP contribution < -0.4 is 5.32 Å². The molecule has 176 valence electrons. The van der Waals surface area contributed by atoms with Crippen molar-refractivity contribution in [2.75, 3.05) is 0 Å². The van der Waals surface area contributed by atoms with Crippen molar-refractivity contribution in [1.29, 1.82) is 0 Å². The lowest BCUT2D eigenvalue weighted by molar-refractivity contribution is -0.102. The number of unbranched alkanes of at least 4 members (excludes halogenated alkanes) is 2. The van der Waals surface area contributed by atoms with Gasteiger partial charge in [-0.15, -0.1) is 5.06 Å². The molecule has 1 aromatic heterocycles. The van der Waals surface area contributed by atoms with Gasteiger partial charge in [0.25, 0.3) is 11.8 Å². The molecule has 0 radical (unpaired) electrons. The van der Waals surface area contributed by atoms with Gasteiger partial charge in [0.1, 0.15) is 6.61 Å². The number of hydrogen-bond acceptors (Lipinski definition) is 5. The number of rotatable bonds is 9. The molecule has 1 atom stereocenters. The van der Waals surface area contributed by atoms with Crippen LogP contribution in [0.25, 0.3) is 0 Å². The maximum atomic E-state index is 12.5. The maximum Gasteiger partial charge on any atom is 0.405 e. The van der Waals surface area contributed by atoms with Crippen LogP contribution in [0.4, 0.5) is 4.79 Å². The SMILES string of the molecule is CCCCCC(NC(=O)O)(c1cccc(CON2C(=O)c3ccccc3C2=O)n1)C(C)(C)C. The minimum absolute atomic E-state index is 0.110. The topological polar surface area (TPSA) is 109 Å². The molecule has 33 heavy (non-hydrogen) atoms. The lowest BCUT2D eigenvalue weighted by atomic mass is 9.68. The monoisotopic (exact) mass is 453 g/mol. The van der Waals surface area contributed by atoms with Gasteiger partial charge in [0.15, 0.2) is 0 Å². The van der Waals surface area contributed by atoms with Gasteiger partial charge in [-0.1, -0.05) is 65.2 Å². The molecule has 0 aliphatic carbocycles. The molecule has 8 heteroatoms. The van der Waals surface area contributed by atoms with Crippen molar-refractivity contribution in [1.82, 2.24) is 15.4 Å². The van der Waals surface area contributed by atoms with Crippen LogP contribution in [0.2, 0.25) is 0 Å². The third kappa shape index (κ3) is 4.90. The second kappa shape index (κ2) is 9.70. The van der Waals surface area contributed by atoms with Crippen LogP contribution in [-0.2, 0) is 17.0 Å². The van der Waals surface area contributed by atoms with Crippen molar-refractivity contribution in [2.45, 2.75) is 65.5 Å². The van der Waals surface area contributed by atoms with Crippen molar-refractivity contribution in [3.05, 3.63) is 65.0 Å². The number of carbonyl (C=O) groups is 3. The smallest absolute Gasteiger partial charge is 0.405 e. The van der Waals surface area contributed by atoms with Crippen molar-refractivity contribution in [3.63, 3.8) is 0 Å². The van der Waals surface area contributed by atoms with E-state index in [1.165, 1.54) is 0 Å². The van der Waals surface area contributed by atoms with E-state index in [-0.39, 0.29) is 6.61 Å². The first-order chi connectivity index (χ1) is 15.6. The largest absolute Gasteiger partial charge is 0.465 e. The van der Waals surface area contributed by atoms with E-state index in [0.29, 0.717) is 28.9 Å². The molecular formula is C25H31N3O5. The van der Waals surface area contributed by atoms with E-state index in [4.69, 9.17) is 9.82 Å². The normalized spacial score (nSPS) is 15.3. The lowest BCUT2D eigenvalue weighted by Gasteiger charge is -2.44. The predicted molar refractivity (Wildman–Crippen MR) is 122 cm³/mol. The fourth-order valence-electron chi connectivity index (χ4n) is 4.24. The molecule has 8 nitrogen and oxygen atoms in total. The fourth-order valence-corrected chi connectivity index (χ4v) is 4.24. The van der Waals surface area contributed by atoms with Crippen LogP contribution in [0, 0.1) is 5.41 Å². The van der Waals surface area contributed by atoms with Crippen molar-refractivity contribution in [2.24, 2.45) is 5.41 Å². The molecule has 2 heterocycles. The van der Waals surface area contributed by atoms with E-state index in [0.717, 1.165) is 24.3 Å². The Morgan fingerprint density at radius 3 is 2.21 bits per heavy atom. The summed E-state index contributed by atoms with van der Waals surface area (Å²) in [7, 11) is 0. The van der Waals surface area contributed by atoms with Crippen LogP contribution in [0.15, 0.2) is 42.5 Å². The van der Waals surface area contributed by atoms with Gasteiger partial charge >= 0.3 is 6.09 Å². The van der Waals surface area contributed by atoms with E-state index in [1.807, 2.05) is 20.8 Å². The third-order valence-electron chi connectivity index (χ3n) is 6.10. The Bertz CT molecular complexity index is 1010. The summed E-state index contributed by atoms with van der Waals surface area (Å²) in [5.74, 6) is -1.02. The lowest BCUT2D eigenvalue weighted by Crippen LogP contribution is -2.54. The van der Waals surface area contributed by atoms with Crippen molar-refractivity contribution < 1.29 is 24.3 Å². The summed E-state index contributed by atoms with van der Waals surface area (Å²) < 4.78 is 0. The van der Waals surface area contributed by atoms with Gasteiger partial charge in [0.05, 0.1) is 28.1 Å². The second-order valence-electron chi connectivity index (χ2n) is 9.28. The Morgan fingerprint density at radius 1 is 1.03 bits per heavy atom. The molecule has 3 rings (SSSR count). The highest BCUT2D eigenvalue weighted by molar-refractivity contribution is 6.20. The van der Waals surface area contributed by atoms with E-state index in [9.17, 15) is 19.5 Å². The number of hydrogen-bond donors (Lipinski definition) is 2. The summed E-state index contributed by atoms with van der Waals surface area (Å²) in [5.41, 5.74) is 0.292. The molecule has 1 aliphatic heterocycles. The number of nitrogens with zero attached hydrogens (tertiary/aromatic N) is 2. The number of benzene rings is 1. The molecule has 2 N–H and O–H groups in total. The fraction of sp³-hybridized carbons (Fsp3) is 0.440. The third-order valence-corrected chi connectivity index (χ3v) is 6.10. The Labute approximate surface area is 193 Å². The number of imide groups is 1. The Morgan fingerprint density at radius 2 is 1.67 bits per heavy atom. The first kappa shape index (κ1) is 24.4. The van der Waals surface area contributed by atoms with Crippen LogP contribution in [0.1, 0.15) is 85.5 Å². The van der Waals surface area contributed by atoms with Crippen LogP contribution in [0.3, 0.4) is 0 Å². The van der Waals surface area contributed by atoms with Gasteiger partial charge in [0.2, 0.25) is 0 Å². The molecule has 1 aromatic carbocycles. The number of carboxylic acid groups (broad SMARTS) is 1. The van der Waals surface area contributed by atoms with Gasteiger partial charge in [0, 0.05) is 0 Å². The molecule has 2 aromatic rings. The van der Waals surface area contributed by atoms with Gasteiger partial charge in [-0.3, -0.25) is 19.4 Å². The van der Waals surface area contributed by atoms with E-state index >= 15 is 0 Å². The molecule has 0 bridgehead atoms. The first-order valence-corrected chi connectivity index (χ1v) is 11.2. The molecule has 0 saturated carbocycles. The highest BCUT2D eigenvalue weighted by Crippen LogP contribution is 2.42.